The summed E-state index contributed by atoms with van der Waals surface area (Å²) in [4.78, 5) is 14.3. The third-order valence-electron chi connectivity index (χ3n) is 3.80. The molecule has 1 aliphatic rings. The van der Waals surface area contributed by atoms with Crippen molar-refractivity contribution in [3.8, 4) is 5.75 Å². The zero-order valence-corrected chi connectivity index (χ0v) is 13.1. The lowest BCUT2D eigenvalue weighted by molar-refractivity contribution is 0.0987. The Labute approximate surface area is 131 Å². The third-order valence-corrected chi connectivity index (χ3v) is 4.29. The number of phenolic OH excluding ortho intramolecular Hbond substituents is 1. The summed E-state index contributed by atoms with van der Waals surface area (Å²) in [7, 11) is 0. The molecule has 4 nitrogen and oxygen atoms in total. The fourth-order valence-corrected chi connectivity index (χ4v) is 2.97. The van der Waals surface area contributed by atoms with E-state index in [2.05, 4.69) is 15.9 Å². The van der Waals surface area contributed by atoms with E-state index >= 15 is 0 Å². The fraction of sp³-hybridized carbons (Fsp3) is 0.188. The molecule has 0 saturated heterocycles. The van der Waals surface area contributed by atoms with Crippen LogP contribution in [0.25, 0.3) is 0 Å². The van der Waals surface area contributed by atoms with Crippen LogP contribution in [0, 0.1) is 6.92 Å². The van der Waals surface area contributed by atoms with Gasteiger partial charge in [0.15, 0.2) is 0 Å². The van der Waals surface area contributed by atoms with E-state index in [9.17, 15) is 9.90 Å². The Morgan fingerprint density at radius 3 is 2.81 bits per heavy atom. The van der Waals surface area contributed by atoms with Gasteiger partial charge >= 0.3 is 0 Å². The van der Waals surface area contributed by atoms with E-state index in [0.717, 1.165) is 27.7 Å². The van der Waals surface area contributed by atoms with Crippen LogP contribution in [0.1, 0.15) is 21.5 Å². The molecule has 1 heterocycles. The lowest BCUT2D eigenvalue weighted by Gasteiger charge is -2.19. The maximum absolute atomic E-state index is 12.6. The lowest BCUT2D eigenvalue weighted by Crippen LogP contribution is -2.29. The molecule has 5 heteroatoms. The number of rotatable bonds is 1. The molecular formula is C16H15BrN2O2. The molecule has 1 amide bonds. The van der Waals surface area contributed by atoms with Crippen molar-refractivity contribution < 1.29 is 9.90 Å². The van der Waals surface area contributed by atoms with Gasteiger partial charge in [-0.2, -0.15) is 0 Å². The minimum Gasteiger partial charge on any atom is -0.507 e. The van der Waals surface area contributed by atoms with E-state index < -0.39 is 0 Å². The summed E-state index contributed by atoms with van der Waals surface area (Å²) in [5.74, 6) is -0.232. The number of nitrogens with two attached hydrogens (primary N) is 1. The summed E-state index contributed by atoms with van der Waals surface area (Å²) >= 11 is 3.27. The van der Waals surface area contributed by atoms with E-state index in [4.69, 9.17) is 5.73 Å². The number of hydrogen-bond acceptors (Lipinski definition) is 3. The minimum atomic E-state index is -0.206. The molecule has 0 bridgehead atoms. The van der Waals surface area contributed by atoms with Crippen molar-refractivity contribution in [2.45, 2.75) is 13.3 Å². The number of carbonyl (C=O) groups excluding carboxylic acids is 1. The summed E-state index contributed by atoms with van der Waals surface area (Å²) in [6.45, 7) is 2.56. The Balaban J connectivity index is 2.00. The summed E-state index contributed by atoms with van der Waals surface area (Å²) < 4.78 is 0.734. The molecule has 0 atom stereocenters. The highest BCUT2D eigenvalue weighted by atomic mass is 79.9. The van der Waals surface area contributed by atoms with Crippen LogP contribution in [-0.2, 0) is 6.42 Å². The monoisotopic (exact) mass is 346 g/mol. The van der Waals surface area contributed by atoms with Crippen molar-refractivity contribution in [3.63, 3.8) is 0 Å². The van der Waals surface area contributed by atoms with Crippen molar-refractivity contribution in [2.75, 3.05) is 17.2 Å². The first-order valence-corrected chi connectivity index (χ1v) is 7.46. The van der Waals surface area contributed by atoms with Gasteiger partial charge in [0, 0.05) is 22.4 Å². The molecule has 0 aliphatic carbocycles. The van der Waals surface area contributed by atoms with Crippen molar-refractivity contribution in [3.05, 3.63) is 51.5 Å². The van der Waals surface area contributed by atoms with E-state index in [-0.39, 0.29) is 11.7 Å². The average Bonchev–Trinajstić information content (AvgIpc) is 2.81. The smallest absolute Gasteiger partial charge is 0.262 e. The standard InChI is InChI=1S/C16H15BrN2O2/c1-9-6-10-4-5-19(14(10)8-13(9)18)16(21)12-3-2-11(17)7-15(12)20/h2-3,6-8,20H,4-5,18H2,1H3. The fourth-order valence-electron chi connectivity index (χ4n) is 2.62. The number of fused-ring (bicyclic) bond motifs is 1. The van der Waals surface area contributed by atoms with E-state index in [1.54, 1.807) is 17.0 Å². The topological polar surface area (TPSA) is 66.6 Å². The Morgan fingerprint density at radius 2 is 2.10 bits per heavy atom. The highest BCUT2D eigenvalue weighted by Gasteiger charge is 2.27. The molecule has 2 aromatic carbocycles. The van der Waals surface area contributed by atoms with Crippen LogP contribution >= 0.6 is 15.9 Å². The number of amides is 1. The number of nitrogen functional groups attached to an aromatic ring is 1. The second-order valence-corrected chi connectivity index (χ2v) is 6.12. The number of carbonyl (C=O) groups is 1. The van der Waals surface area contributed by atoms with Gasteiger partial charge in [-0.05, 0) is 48.7 Å². The number of nitrogens with zero attached hydrogens (tertiary/aromatic N) is 1. The molecule has 0 unspecified atom stereocenters. The highest BCUT2D eigenvalue weighted by molar-refractivity contribution is 9.10. The number of aromatic hydroxyl groups is 1. The molecule has 0 radical (unpaired) electrons. The number of aryl methyl sites for hydroxylation is 1. The van der Waals surface area contributed by atoms with Crippen molar-refractivity contribution in [1.29, 1.82) is 0 Å². The molecule has 0 saturated carbocycles. The highest BCUT2D eigenvalue weighted by Crippen LogP contribution is 2.34. The van der Waals surface area contributed by atoms with Crippen LogP contribution in [0.4, 0.5) is 11.4 Å². The average molecular weight is 347 g/mol. The largest absolute Gasteiger partial charge is 0.507 e. The molecule has 0 aromatic heterocycles. The van der Waals surface area contributed by atoms with Crippen LogP contribution in [-0.4, -0.2) is 17.6 Å². The zero-order valence-electron chi connectivity index (χ0n) is 11.6. The van der Waals surface area contributed by atoms with Gasteiger partial charge in [-0.15, -0.1) is 0 Å². The molecule has 0 fully saturated rings. The lowest BCUT2D eigenvalue weighted by atomic mass is 10.1. The van der Waals surface area contributed by atoms with Gasteiger partial charge in [-0.25, -0.2) is 0 Å². The molecular weight excluding hydrogens is 332 g/mol. The van der Waals surface area contributed by atoms with Crippen LogP contribution in [0.2, 0.25) is 0 Å². The predicted octanol–water partition coefficient (Wildman–Crippen LogP) is 3.25. The van der Waals surface area contributed by atoms with Crippen LogP contribution < -0.4 is 10.6 Å². The predicted molar refractivity (Wildman–Crippen MR) is 86.8 cm³/mol. The molecule has 2 aromatic rings. The minimum absolute atomic E-state index is 0.0251. The summed E-state index contributed by atoms with van der Waals surface area (Å²) in [5, 5.41) is 9.97. The Kier molecular flexibility index (Phi) is 3.37. The second kappa shape index (κ2) is 5.07. The normalized spacial score (nSPS) is 13.3. The van der Waals surface area contributed by atoms with Crippen molar-refractivity contribution in [1.82, 2.24) is 0 Å². The van der Waals surface area contributed by atoms with Crippen LogP contribution in [0.5, 0.6) is 5.75 Å². The molecule has 21 heavy (non-hydrogen) atoms. The summed E-state index contributed by atoms with van der Waals surface area (Å²) in [6, 6.07) is 8.75. The third kappa shape index (κ3) is 2.38. The summed E-state index contributed by atoms with van der Waals surface area (Å²) in [5.41, 5.74) is 9.90. The van der Waals surface area contributed by atoms with Crippen molar-refractivity contribution in [2.24, 2.45) is 0 Å². The zero-order chi connectivity index (χ0) is 15.1. The molecule has 108 valence electrons. The van der Waals surface area contributed by atoms with Crippen molar-refractivity contribution >= 4 is 33.2 Å². The number of anilines is 2. The van der Waals surface area contributed by atoms with E-state index in [1.165, 1.54) is 6.07 Å². The molecule has 1 aliphatic heterocycles. The molecule has 3 N–H and O–H groups in total. The maximum atomic E-state index is 12.6. The maximum Gasteiger partial charge on any atom is 0.262 e. The number of phenols is 1. The van der Waals surface area contributed by atoms with Gasteiger partial charge in [0.1, 0.15) is 5.75 Å². The SMILES string of the molecule is Cc1cc2c(cc1N)N(C(=O)c1ccc(Br)cc1O)CC2. The van der Waals surface area contributed by atoms with Gasteiger partial charge in [-0.1, -0.05) is 22.0 Å². The number of benzene rings is 2. The Morgan fingerprint density at radius 1 is 1.33 bits per heavy atom. The quantitative estimate of drug-likeness (QED) is 0.779. The molecule has 3 rings (SSSR count). The second-order valence-electron chi connectivity index (χ2n) is 5.21. The van der Waals surface area contributed by atoms with Gasteiger partial charge < -0.3 is 15.7 Å². The van der Waals surface area contributed by atoms with Gasteiger partial charge in [-0.3, -0.25) is 4.79 Å². The number of halogens is 1. The van der Waals surface area contributed by atoms with Crippen LogP contribution in [0.15, 0.2) is 34.8 Å². The Bertz CT molecular complexity index is 743. The first-order valence-electron chi connectivity index (χ1n) is 6.67. The molecule has 0 spiro atoms. The van der Waals surface area contributed by atoms with Crippen LogP contribution in [0.3, 0.4) is 0 Å². The van der Waals surface area contributed by atoms with E-state index in [1.807, 2.05) is 19.1 Å². The van der Waals surface area contributed by atoms with Gasteiger partial charge in [0.05, 0.1) is 5.56 Å². The van der Waals surface area contributed by atoms with Gasteiger partial charge in [0.25, 0.3) is 5.91 Å². The number of hydrogen-bond donors (Lipinski definition) is 2. The summed E-state index contributed by atoms with van der Waals surface area (Å²) in [6.07, 6.45) is 0.805. The first-order chi connectivity index (χ1) is 9.97. The first kappa shape index (κ1) is 13.9. The van der Waals surface area contributed by atoms with E-state index in [0.29, 0.717) is 17.8 Å². The Hall–Kier alpha value is -2.01. The van der Waals surface area contributed by atoms with Gasteiger partial charge in [0.2, 0.25) is 0 Å².